The summed E-state index contributed by atoms with van der Waals surface area (Å²) in [6.45, 7) is 5.69. The lowest BCUT2D eigenvalue weighted by Gasteiger charge is -2.30. The number of nitrogens with zero attached hydrogens (tertiary/aromatic N) is 3. The van der Waals surface area contributed by atoms with Gasteiger partial charge in [-0.25, -0.2) is 4.68 Å². The molecule has 1 aromatic carbocycles. The van der Waals surface area contributed by atoms with Crippen LogP contribution in [-0.4, -0.2) is 33.7 Å². The molecule has 0 bridgehead atoms. The molecule has 1 aliphatic rings. The van der Waals surface area contributed by atoms with Crippen molar-refractivity contribution in [3.05, 3.63) is 60.0 Å². The van der Waals surface area contributed by atoms with Gasteiger partial charge in [0, 0.05) is 19.3 Å². The number of amides is 1. The highest BCUT2D eigenvalue weighted by Gasteiger charge is 2.27. The third-order valence-electron chi connectivity index (χ3n) is 4.88. The molecule has 26 heavy (non-hydrogen) atoms. The Morgan fingerprint density at radius 3 is 2.69 bits per heavy atom. The molecule has 2 aromatic heterocycles. The zero-order valence-electron chi connectivity index (χ0n) is 15.2. The normalized spacial score (nSPS) is 17.5. The largest absolute Gasteiger partial charge is 0.460 e. The molecule has 0 spiro atoms. The average molecular weight is 349 g/mol. The SMILES string of the molecule is Cc1ccc(-c2nn(-c3ccccc3)cc2C(=O)N2CCCC(C)C2)o1. The molecular formula is C21H23N3O2. The van der Waals surface area contributed by atoms with Gasteiger partial charge in [0.25, 0.3) is 5.91 Å². The summed E-state index contributed by atoms with van der Waals surface area (Å²) >= 11 is 0. The lowest BCUT2D eigenvalue weighted by molar-refractivity contribution is 0.0683. The monoisotopic (exact) mass is 349 g/mol. The fourth-order valence-corrected chi connectivity index (χ4v) is 3.53. The fourth-order valence-electron chi connectivity index (χ4n) is 3.53. The second-order valence-electron chi connectivity index (χ2n) is 7.08. The first-order valence-corrected chi connectivity index (χ1v) is 9.13. The number of rotatable bonds is 3. The van der Waals surface area contributed by atoms with Crippen LogP contribution in [0.15, 0.2) is 53.1 Å². The predicted octanol–water partition coefficient (Wildman–Crippen LogP) is 4.31. The molecule has 5 heteroatoms. The van der Waals surface area contributed by atoms with Gasteiger partial charge < -0.3 is 9.32 Å². The first kappa shape index (κ1) is 16.6. The number of carbonyl (C=O) groups excluding carboxylic acids is 1. The molecule has 1 unspecified atom stereocenters. The summed E-state index contributed by atoms with van der Waals surface area (Å²) in [5.74, 6) is 2.00. The van der Waals surface area contributed by atoms with Crippen molar-refractivity contribution in [2.45, 2.75) is 26.7 Å². The van der Waals surface area contributed by atoms with E-state index < -0.39 is 0 Å². The van der Waals surface area contributed by atoms with Gasteiger partial charge in [-0.3, -0.25) is 4.79 Å². The number of aryl methyl sites for hydroxylation is 1. The number of likely N-dealkylation sites (tertiary alicyclic amines) is 1. The molecule has 0 aliphatic carbocycles. The second-order valence-corrected chi connectivity index (χ2v) is 7.08. The fraction of sp³-hybridized carbons (Fsp3) is 0.333. The highest BCUT2D eigenvalue weighted by Crippen LogP contribution is 2.28. The van der Waals surface area contributed by atoms with Crippen LogP contribution in [0.25, 0.3) is 17.1 Å². The van der Waals surface area contributed by atoms with Gasteiger partial charge in [0.15, 0.2) is 5.76 Å². The van der Waals surface area contributed by atoms with Crippen molar-refractivity contribution in [1.82, 2.24) is 14.7 Å². The minimum atomic E-state index is 0.0304. The number of piperidine rings is 1. The average Bonchev–Trinajstić information content (AvgIpc) is 3.28. The van der Waals surface area contributed by atoms with Gasteiger partial charge >= 0.3 is 0 Å². The zero-order chi connectivity index (χ0) is 18.1. The third-order valence-corrected chi connectivity index (χ3v) is 4.88. The van der Waals surface area contributed by atoms with E-state index in [2.05, 4.69) is 12.0 Å². The first-order valence-electron chi connectivity index (χ1n) is 9.13. The van der Waals surface area contributed by atoms with E-state index in [1.165, 1.54) is 6.42 Å². The molecule has 4 rings (SSSR count). The first-order chi connectivity index (χ1) is 12.6. The molecule has 1 amide bonds. The maximum absolute atomic E-state index is 13.2. The van der Waals surface area contributed by atoms with E-state index in [1.54, 1.807) is 4.68 Å². The van der Waals surface area contributed by atoms with Gasteiger partial charge in [0.1, 0.15) is 11.5 Å². The van der Waals surface area contributed by atoms with Gasteiger partial charge in [-0.1, -0.05) is 25.1 Å². The highest BCUT2D eigenvalue weighted by atomic mass is 16.3. The van der Waals surface area contributed by atoms with E-state index in [4.69, 9.17) is 4.42 Å². The maximum atomic E-state index is 13.2. The third kappa shape index (κ3) is 3.17. The van der Waals surface area contributed by atoms with Gasteiger partial charge in [-0.05, 0) is 49.9 Å². The van der Waals surface area contributed by atoms with Crippen LogP contribution in [0.5, 0.6) is 0 Å². The molecule has 1 saturated heterocycles. The summed E-state index contributed by atoms with van der Waals surface area (Å²) in [5, 5.41) is 4.67. The van der Waals surface area contributed by atoms with E-state index >= 15 is 0 Å². The zero-order valence-corrected chi connectivity index (χ0v) is 15.2. The van der Waals surface area contributed by atoms with Crippen molar-refractivity contribution in [2.24, 2.45) is 5.92 Å². The predicted molar refractivity (Wildman–Crippen MR) is 100 cm³/mol. The minimum absolute atomic E-state index is 0.0304. The molecule has 1 aliphatic heterocycles. The van der Waals surface area contributed by atoms with E-state index in [1.807, 2.05) is 60.5 Å². The number of para-hydroxylation sites is 1. The van der Waals surface area contributed by atoms with Crippen molar-refractivity contribution < 1.29 is 9.21 Å². The number of carbonyl (C=O) groups is 1. The van der Waals surface area contributed by atoms with Crippen LogP contribution in [0.1, 0.15) is 35.9 Å². The number of furan rings is 1. The summed E-state index contributed by atoms with van der Waals surface area (Å²) in [6.07, 6.45) is 4.05. The summed E-state index contributed by atoms with van der Waals surface area (Å²) in [7, 11) is 0. The Morgan fingerprint density at radius 2 is 2.00 bits per heavy atom. The summed E-state index contributed by atoms with van der Waals surface area (Å²) < 4.78 is 7.53. The smallest absolute Gasteiger partial charge is 0.257 e. The molecule has 0 saturated carbocycles. The maximum Gasteiger partial charge on any atom is 0.257 e. The Bertz CT molecular complexity index is 910. The number of hydrogen-bond donors (Lipinski definition) is 0. The minimum Gasteiger partial charge on any atom is -0.460 e. The standard InChI is InChI=1S/C21H23N3O2/c1-15-7-6-12-23(13-15)21(25)18-14-24(17-8-4-3-5-9-17)22-20(18)19-11-10-16(2)26-19/h3-5,8-11,14-15H,6-7,12-13H2,1-2H3. The topological polar surface area (TPSA) is 51.3 Å². The number of hydrogen-bond acceptors (Lipinski definition) is 3. The van der Waals surface area contributed by atoms with Crippen LogP contribution in [0, 0.1) is 12.8 Å². The van der Waals surface area contributed by atoms with Crippen molar-refractivity contribution in [3.8, 4) is 17.1 Å². The second kappa shape index (κ2) is 6.83. The molecule has 0 N–H and O–H groups in total. The lowest BCUT2D eigenvalue weighted by atomic mass is 9.99. The molecular weight excluding hydrogens is 326 g/mol. The van der Waals surface area contributed by atoms with Crippen molar-refractivity contribution in [2.75, 3.05) is 13.1 Å². The van der Waals surface area contributed by atoms with E-state index in [-0.39, 0.29) is 5.91 Å². The molecule has 1 fully saturated rings. The molecule has 5 nitrogen and oxygen atoms in total. The van der Waals surface area contributed by atoms with Crippen molar-refractivity contribution in [3.63, 3.8) is 0 Å². The molecule has 3 heterocycles. The van der Waals surface area contributed by atoms with Crippen LogP contribution < -0.4 is 0 Å². The van der Waals surface area contributed by atoms with Gasteiger partial charge in [-0.15, -0.1) is 0 Å². The molecule has 134 valence electrons. The van der Waals surface area contributed by atoms with Crippen LogP contribution in [0.3, 0.4) is 0 Å². The van der Waals surface area contributed by atoms with Gasteiger partial charge in [0.05, 0.1) is 11.3 Å². The Kier molecular flexibility index (Phi) is 4.37. The Balaban J connectivity index is 1.76. The molecule has 3 aromatic rings. The van der Waals surface area contributed by atoms with Crippen molar-refractivity contribution in [1.29, 1.82) is 0 Å². The van der Waals surface area contributed by atoms with Gasteiger partial charge in [0.2, 0.25) is 0 Å². The quantitative estimate of drug-likeness (QED) is 0.708. The van der Waals surface area contributed by atoms with Crippen LogP contribution in [0.4, 0.5) is 0 Å². The summed E-state index contributed by atoms with van der Waals surface area (Å²) in [6, 6.07) is 13.6. The molecule has 1 atom stereocenters. The highest BCUT2D eigenvalue weighted by molar-refractivity contribution is 5.99. The Morgan fingerprint density at radius 1 is 1.19 bits per heavy atom. The van der Waals surface area contributed by atoms with E-state index in [9.17, 15) is 4.79 Å². The van der Waals surface area contributed by atoms with Crippen molar-refractivity contribution >= 4 is 5.91 Å². The molecule has 0 radical (unpaired) electrons. The number of aromatic nitrogens is 2. The van der Waals surface area contributed by atoms with E-state index in [0.29, 0.717) is 22.9 Å². The number of benzene rings is 1. The van der Waals surface area contributed by atoms with Gasteiger partial charge in [-0.2, -0.15) is 5.10 Å². The lowest BCUT2D eigenvalue weighted by Crippen LogP contribution is -2.39. The van der Waals surface area contributed by atoms with Crippen LogP contribution in [0.2, 0.25) is 0 Å². The van der Waals surface area contributed by atoms with Crippen LogP contribution in [-0.2, 0) is 0 Å². The van der Waals surface area contributed by atoms with Crippen LogP contribution >= 0.6 is 0 Å². The summed E-state index contributed by atoms with van der Waals surface area (Å²) in [5.41, 5.74) is 2.12. The summed E-state index contributed by atoms with van der Waals surface area (Å²) in [4.78, 5) is 15.2. The Labute approximate surface area is 153 Å². The Hall–Kier alpha value is -2.82. The van der Waals surface area contributed by atoms with E-state index in [0.717, 1.165) is 31.0 Å².